The first kappa shape index (κ1) is 9.96. The molecule has 0 unspecified atom stereocenters. The molecule has 80 valence electrons. The number of para-hydroxylation sites is 1. The van der Waals surface area contributed by atoms with E-state index in [-0.39, 0.29) is 17.6 Å². The van der Waals surface area contributed by atoms with E-state index in [1.54, 1.807) is 13.1 Å². The Bertz CT molecular complexity index is 388. The molecule has 1 aliphatic carbocycles. The van der Waals surface area contributed by atoms with Gasteiger partial charge in [-0.05, 0) is 25.0 Å². The largest absolute Gasteiger partial charge is 0.385 e. The van der Waals surface area contributed by atoms with E-state index in [1.807, 2.05) is 0 Å². The van der Waals surface area contributed by atoms with Crippen LogP contribution in [0.2, 0.25) is 0 Å². The van der Waals surface area contributed by atoms with Crippen molar-refractivity contribution in [3.63, 3.8) is 0 Å². The fraction of sp³-hybridized carbons (Fsp3) is 0.364. The van der Waals surface area contributed by atoms with Crippen molar-refractivity contribution in [3.05, 3.63) is 29.6 Å². The van der Waals surface area contributed by atoms with Crippen LogP contribution in [-0.2, 0) is 0 Å². The van der Waals surface area contributed by atoms with Crippen LogP contribution in [0.5, 0.6) is 0 Å². The summed E-state index contributed by atoms with van der Waals surface area (Å²) in [7, 11) is 1.60. The van der Waals surface area contributed by atoms with E-state index in [0.717, 1.165) is 12.8 Å². The predicted molar refractivity (Wildman–Crippen MR) is 56.4 cm³/mol. The second kappa shape index (κ2) is 3.88. The molecule has 0 atom stereocenters. The van der Waals surface area contributed by atoms with Crippen LogP contribution >= 0.6 is 0 Å². The smallest absolute Gasteiger partial charge is 0.253 e. The second-order valence-electron chi connectivity index (χ2n) is 3.66. The number of amides is 1. The Morgan fingerprint density at radius 3 is 2.80 bits per heavy atom. The van der Waals surface area contributed by atoms with E-state index < -0.39 is 5.82 Å². The monoisotopic (exact) mass is 208 g/mol. The highest BCUT2D eigenvalue weighted by Crippen LogP contribution is 2.22. The van der Waals surface area contributed by atoms with Gasteiger partial charge in [-0.25, -0.2) is 4.39 Å². The number of benzene rings is 1. The number of nitrogens with one attached hydrogen (secondary N) is 2. The molecule has 2 rings (SSSR count). The van der Waals surface area contributed by atoms with Crippen LogP contribution in [0.4, 0.5) is 10.1 Å². The third kappa shape index (κ3) is 2.09. The number of hydrogen-bond donors (Lipinski definition) is 2. The standard InChI is InChI=1S/C11H13FN2O/c1-13-10-8(3-2-4-9(10)12)11(15)14-7-5-6-7/h2-4,7,13H,5-6H2,1H3,(H,14,15). The molecule has 15 heavy (non-hydrogen) atoms. The highest BCUT2D eigenvalue weighted by atomic mass is 19.1. The number of carbonyl (C=O) groups excluding carboxylic acids is 1. The maximum Gasteiger partial charge on any atom is 0.253 e. The van der Waals surface area contributed by atoms with Gasteiger partial charge in [0.05, 0.1) is 11.3 Å². The van der Waals surface area contributed by atoms with E-state index in [0.29, 0.717) is 5.56 Å². The molecular formula is C11H13FN2O. The Morgan fingerprint density at radius 2 is 2.20 bits per heavy atom. The highest BCUT2D eigenvalue weighted by Gasteiger charge is 2.25. The lowest BCUT2D eigenvalue weighted by molar-refractivity contribution is 0.0951. The lowest BCUT2D eigenvalue weighted by Gasteiger charge is -2.09. The van der Waals surface area contributed by atoms with Crippen molar-refractivity contribution in [1.82, 2.24) is 5.32 Å². The molecule has 1 aliphatic rings. The van der Waals surface area contributed by atoms with Crippen molar-refractivity contribution in [1.29, 1.82) is 0 Å². The molecule has 0 aromatic heterocycles. The SMILES string of the molecule is CNc1c(F)cccc1C(=O)NC1CC1. The summed E-state index contributed by atoms with van der Waals surface area (Å²) in [6.45, 7) is 0. The first-order valence-corrected chi connectivity index (χ1v) is 4.99. The van der Waals surface area contributed by atoms with Gasteiger partial charge >= 0.3 is 0 Å². The summed E-state index contributed by atoms with van der Waals surface area (Å²) in [4.78, 5) is 11.7. The normalized spacial score (nSPS) is 14.8. The minimum atomic E-state index is -0.402. The van der Waals surface area contributed by atoms with Gasteiger partial charge in [-0.1, -0.05) is 6.07 Å². The van der Waals surface area contributed by atoms with E-state index in [2.05, 4.69) is 10.6 Å². The molecule has 0 spiro atoms. The van der Waals surface area contributed by atoms with Crippen LogP contribution in [0.3, 0.4) is 0 Å². The maximum atomic E-state index is 13.3. The van der Waals surface area contributed by atoms with Crippen molar-refractivity contribution < 1.29 is 9.18 Å². The molecule has 4 heteroatoms. The van der Waals surface area contributed by atoms with Crippen molar-refractivity contribution in [2.45, 2.75) is 18.9 Å². The minimum Gasteiger partial charge on any atom is -0.385 e. The van der Waals surface area contributed by atoms with E-state index >= 15 is 0 Å². The summed E-state index contributed by atoms with van der Waals surface area (Å²) < 4.78 is 13.3. The minimum absolute atomic E-state index is 0.207. The molecule has 1 aromatic carbocycles. The summed E-state index contributed by atoms with van der Waals surface area (Å²) >= 11 is 0. The number of rotatable bonds is 3. The van der Waals surface area contributed by atoms with Crippen molar-refractivity contribution in [2.24, 2.45) is 0 Å². The Morgan fingerprint density at radius 1 is 1.47 bits per heavy atom. The average Bonchev–Trinajstić information content (AvgIpc) is 3.01. The van der Waals surface area contributed by atoms with Crippen LogP contribution in [0.25, 0.3) is 0 Å². The molecule has 1 aromatic rings. The topological polar surface area (TPSA) is 41.1 Å². The van der Waals surface area contributed by atoms with Gasteiger partial charge in [0, 0.05) is 13.1 Å². The van der Waals surface area contributed by atoms with Gasteiger partial charge in [0.25, 0.3) is 5.91 Å². The van der Waals surface area contributed by atoms with Crippen molar-refractivity contribution in [2.75, 3.05) is 12.4 Å². The van der Waals surface area contributed by atoms with E-state index in [4.69, 9.17) is 0 Å². The van der Waals surface area contributed by atoms with Crippen LogP contribution in [0.15, 0.2) is 18.2 Å². The van der Waals surface area contributed by atoms with Gasteiger partial charge in [0.2, 0.25) is 0 Å². The number of anilines is 1. The molecule has 0 aliphatic heterocycles. The van der Waals surface area contributed by atoms with Gasteiger partial charge in [0.1, 0.15) is 5.82 Å². The molecule has 1 saturated carbocycles. The van der Waals surface area contributed by atoms with Gasteiger partial charge in [-0.2, -0.15) is 0 Å². The molecule has 2 N–H and O–H groups in total. The average molecular weight is 208 g/mol. The molecular weight excluding hydrogens is 195 g/mol. The van der Waals surface area contributed by atoms with Gasteiger partial charge in [-0.15, -0.1) is 0 Å². The van der Waals surface area contributed by atoms with E-state index in [1.165, 1.54) is 12.1 Å². The molecule has 1 amide bonds. The van der Waals surface area contributed by atoms with Crippen molar-refractivity contribution in [3.8, 4) is 0 Å². The van der Waals surface area contributed by atoms with Gasteiger partial charge in [0.15, 0.2) is 0 Å². The van der Waals surface area contributed by atoms with Crippen molar-refractivity contribution >= 4 is 11.6 Å². The van der Waals surface area contributed by atoms with Crippen LogP contribution in [-0.4, -0.2) is 19.0 Å². The van der Waals surface area contributed by atoms with E-state index in [9.17, 15) is 9.18 Å². The third-order valence-electron chi connectivity index (χ3n) is 2.42. The van der Waals surface area contributed by atoms with Gasteiger partial charge < -0.3 is 10.6 Å². The molecule has 3 nitrogen and oxygen atoms in total. The third-order valence-corrected chi connectivity index (χ3v) is 2.42. The molecule has 0 heterocycles. The first-order valence-electron chi connectivity index (χ1n) is 4.99. The zero-order valence-electron chi connectivity index (χ0n) is 8.51. The predicted octanol–water partition coefficient (Wildman–Crippen LogP) is 1.76. The molecule has 1 fully saturated rings. The van der Waals surface area contributed by atoms with Crippen LogP contribution < -0.4 is 10.6 Å². The Hall–Kier alpha value is -1.58. The summed E-state index contributed by atoms with van der Waals surface area (Å²) in [6.07, 6.45) is 2.05. The Labute approximate surface area is 87.7 Å². The summed E-state index contributed by atoms with van der Waals surface area (Å²) in [6, 6.07) is 4.77. The number of halogens is 1. The Kier molecular flexibility index (Phi) is 2.58. The lowest BCUT2D eigenvalue weighted by Crippen LogP contribution is -2.26. The summed E-state index contributed by atoms with van der Waals surface area (Å²) in [5.41, 5.74) is 0.625. The van der Waals surface area contributed by atoms with Gasteiger partial charge in [-0.3, -0.25) is 4.79 Å². The zero-order chi connectivity index (χ0) is 10.8. The molecule has 0 bridgehead atoms. The maximum absolute atomic E-state index is 13.3. The molecule has 0 radical (unpaired) electrons. The molecule has 0 saturated heterocycles. The fourth-order valence-electron chi connectivity index (χ4n) is 1.46. The summed E-state index contributed by atoms with van der Waals surface area (Å²) in [5, 5.41) is 5.53. The van der Waals surface area contributed by atoms with Crippen LogP contribution in [0.1, 0.15) is 23.2 Å². The van der Waals surface area contributed by atoms with Crippen LogP contribution in [0, 0.1) is 5.82 Å². The number of carbonyl (C=O) groups is 1. The fourth-order valence-corrected chi connectivity index (χ4v) is 1.46. The second-order valence-corrected chi connectivity index (χ2v) is 3.66. The first-order chi connectivity index (χ1) is 7.22. The highest BCUT2D eigenvalue weighted by molar-refractivity contribution is 6.00. The number of hydrogen-bond acceptors (Lipinski definition) is 2. The summed E-state index contributed by atoms with van der Waals surface area (Å²) in [5.74, 6) is -0.609. The Balaban J connectivity index is 2.24. The zero-order valence-corrected chi connectivity index (χ0v) is 8.51. The quantitative estimate of drug-likeness (QED) is 0.794. The lowest BCUT2D eigenvalue weighted by atomic mass is 10.1.